The second kappa shape index (κ2) is 6.93. The minimum atomic E-state index is -0.226. The van der Waals surface area contributed by atoms with Gasteiger partial charge >= 0.3 is 0 Å². The summed E-state index contributed by atoms with van der Waals surface area (Å²) in [6, 6.07) is 8.95. The molecule has 0 bridgehead atoms. The minimum Gasteiger partial charge on any atom is -0.486 e. The number of hydrogen-bond acceptors (Lipinski definition) is 3. The van der Waals surface area contributed by atoms with Crippen LogP contribution in [0.4, 0.5) is 0 Å². The molecule has 2 atom stereocenters. The molecule has 0 aliphatic heterocycles. The Morgan fingerprint density at radius 1 is 1.20 bits per heavy atom. The number of methoxy groups -OCH3 is 1. The molecule has 3 nitrogen and oxygen atoms in total. The molecule has 0 N–H and O–H groups in total. The fourth-order valence-corrected chi connectivity index (χ4v) is 2.43. The number of benzene rings is 1. The van der Waals surface area contributed by atoms with Crippen LogP contribution in [0.5, 0.6) is 5.75 Å². The standard InChI is InChI=1S/C15H15Cl2NO2/c1-10(15(19-2)11-4-3-7-18-9-11)20-14-6-5-12(16)8-13(14)17/h3-10,15H,1-2H3. The van der Waals surface area contributed by atoms with E-state index in [-0.39, 0.29) is 12.2 Å². The zero-order valence-electron chi connectivity index (χ0n) is 11.2. The summed E-state index contributed by atoms with van der Waals surface area (Å²) in [5, 5.41) is 1.05. The quantitative estimate of drug-likeness (QED) is 0.812. The van der Waals surface area contributed by atoms with E-state index in [9.17, 15) is 0 Å². The number of pyridine rings is 1. The van der Waals surface area contributed by atoms with E-state index < -0.39 is 0 Å². The molecule has 1 aromatic carbocycles. The Labute approximate surface area is 128 Å². The normalized spacial score (nSPS) is 13.8. The van der Waals surface area contributed by atoms with Crippen molar-refractivity contribution in [3.8, 4) is 5.75 Å². The number of aromatic nitrogens is 1. The van der Waals surface area contributed by atoms with Gasteiger partial charge in [-0.2, -0.15) is 0 Å². The number of nitrogens with zero attached hydrogens (tertiary/aromatic N) is 1. The molecule has 20 heavy (non-hydrogen) atoms. The Balaban J connectivity index is 2.15. The maximum absolute atomic E-state index is 6.10. The van der Waals surface area contributed by atoms with Crippen LogP contribution >= 0.6 is 23.2 Å². The number of halogens is 2. The van der Waals surface area contributed by atoms with E-state index in [0.717, 1.165) is 5.56 Å². The van der Waals surface area contributed by atoms with Crippen LogP contribution in [0.15, 0.2) is 42.7 Å². The largest absolute Gasteiger partial charge is 0.486 e. The van der Waals surface area contributed by atoms with Crippen LogP contribution in [-0.2, 0) is 4.74 Å². The van der Waals surface area contributed by atoms with Gasteiger partial charge in [-0.1, -0.05) is 29.3 Å². The molecule has 5 heteroatoms. The van der Waals surface area contributed by atoms with E-state index >= 15 is 0 Å². The van der Waals surface area contributed by atoms with Gasteiger partial charge in [-0.3, -0.25) is 4.98 Å². The summed E-state index contributed by atoms with van der Waals surface area (Å²) < 4.78 is 11.4. The van der Waals surface area contributed by atoms with Crippen molar-refractivity contribution in [1.82, 2.24) is 4.98 Å². The maximum Gasteiger partial charge on any atom is 0.138 e. The third-order valence-electron chi connectivity index (χ3n) is 2.90. The highest BCUT2D eigenvalue weighted by Gasteiger charge is 2.21. The number of hydrogen-bond donors (Lipinski definition) is 0. The molecular weight excluding hydrogens is 297 g/mol. The van der Waals surface area contributed by atoms with E-state index in [1.54, 1.807) is 37.7 Å². The highest BCUT2D eigenvalue weighted by Crippen LogP contribution is 2.31. The summed E-state index contributed by atoms with van der Waals surface area (Å²) in [7, 11) is 1.64. The molecule has 106 valence electrons. The Kier molecular flexibility index (Phi) is 5.24. The van der Waals surface area contributed by atoms with Gasteiger partial charge in [0.15, 0.2) is 0 Å². The lowest BCUT2D eigenvalue weighted by atomic mass is 10.1. The highest BCUT2D eigenvalue weighted by atomic mass is 35.5. The molecule has 0 aliphatic carbocycles. The number of ether oxygens (including phenoxy) is 2. The molecule has 1 aromatic heterocycles. The van der Waals surface area contributed by atoms with E-state index in [4.69, 9.17) is 32.7 Å². The lowest BCUT2D eigenvalue weighted by Crippen LogP contribution is -2.23. The topological polar surface area (TPSA) is 31.4 Å². The van der Waals surface area contributed by atoms with Crippen LogP contribution in [0.25, 0.3) is 0 Å². The van der Waals surface area contributed by atoms with Crippen molar-refractivity contribution < 1.29 is 9.47 Å². The smallest absolute Gasteiger partial charge is 0.138 e. The van der Waals surface area contributed by atoms with Crippen LogP contribution in [0.2, 0.25) is 10.0 Å². The van der Waals surface area contributed by atoms with Crippen molar-refractivity contribution in [2.45, 2.75) is 19.1 Å². The van der Waals surface area contributed by atoms with Crippen LogP contribution in [0.3, 0.4) is 0 Å². The first-order valence-corrected chi connectivity index (χ1v) is 6.92. The molecule has 2 aromatic rings. The molecule has 0 spiro atoms. The Morgan fingerprint density at radius 2 is 2.00 bits per heavy atom. The molecular formula is C15H15Cl2NO2. The average molecular weight is 312 g/mol. The van der Waals surface area contributed by atoms with E-state index in [1.165, 1.54) is 0 Å². The van der Waals surface area contributed by atoms with Crippen molar-refractivity contribution in [1.29, 1.82) is 0 Å². The molecule has 0 amide bonds. The summed E-state index contributed by atoms with van der Waals surface area (Å²) in [6.45, 7) is 1.92. The fourth-order valence-electron chi connectivity index (χ4n) is 1.98. The third kappa shape index (κ3) is 3.63. The van der Waals surface area contributed by atoms with E-state index in [1.807, 2.05) is 19.1 Å². The van der Waals surface area contributed by atoms with Crippen molar-refractivity contribution >= 4 is 23.2 Å². The van der Waals surface area contributed by atoms with E-state index in [0.29, 0.717) is 15.8 Å². The van der Waals surface area contributed by atoms with Gasteiger partial charge in [0.25, 0.3) is 0 Å². The molecule has 0 aliphatic rings. The Hall–Kier alpha value is -1.29. The van der Waals surface area contributed by atoms with Gasteiger partial charge in [-0.25, -0.2) is 0 Å². The SMILES string of the molecule is COC(c1cccnc1)C(C)Oc1ccc(Cl)cc1Cl. The van der Waals surface area contributed by atoms with Gasteiger partial charge in [-0.15, -0.1) is 0 Å². The summed E-state index contributed by atoms with van der Waals surface area (Å²) in [5.74, 6) is 0.578. The fraction of sp³-hybridized carbons (Fsp3) is 0.267. The molecule has 0 radical (unpaired) electrons. The summed E-state index contributed by atoms with van der Waals surface area (Å²) >= 11 is 12.0. The zero-order chi connectivity index (χ0) is 14.5. The lowest BCUT2D eigenvalue weighted by Gasteiger charge is -2.24. The molecule has 2 rings (SSSR count). The monoisotopic (exact) mass is 311 g/mol. The Bertz CT molecular complexity index is 563. The predicted octanol–water partition coefficient (Wildman–Crippen LogP) is 4.54. The van der Waals surface area contributed by atoms with Crippen LogP contribution in [0, 0.1) is 0 Å². The Morgan fingerprint density at radius 3 is 2.60 bits per heavy atom. The molecule has 0 saturated carbocycles. The second-order valence-electron chi connectivity index (χ2n) is 4.34. The van der Waals surface area contributed by atoms with Gasteiger partial charge in [0.05, 0.1) is 5.02 Å². The van der Waals surface area contributed by atoms with Gasteiger partial charge in [-0.05, 0) is 31.2 Å². The average Bonchev–Trinajstić information content (AvgIpc) is 2.44. The van der Waals surface area contributed by atoms with Crippen LogP contribution < -0.4 is 4.74 Å². The highest BCUT2D eigenvalue weighted by molar-refractivity contribution is 6.35. The maximum atomic E-state index is 6.10. The lowest BCUT2D eigenvalue weighted by molar-refractivity contribution is 0.00934. The van der Waals surface area contributed by atoms with Crippen LogP contribution in [-0.4, -0.2) is 18.2 Å². The first kappa shape index (κ1) is 15.1. The van der Waals surface area contributed by atoms with Crippen molar-refractivity contribution in [2.75, 3.05) is 7.11 Å². The van der Waals surface area contributed by atoms with E-state index in [2.05, 4.69) is 4.98 Å². The minimum absolute atomic E-state index is 0.220. The van der Waals surface area contributed by atoms with Gasteiger partial charge < -0.3 is 9.47 Å². The summed E-state index contributed by atoms with van der Waals surface area (Å²) in [5.41, 5.74) is 0.951. The van der Waals surface area contributed by atoms with Gasteiger partial charge in [0.2, 0.25) is 0 Å². The van der Waals surface area contributed by atoms with Gasteiger partial charge in [0, 0.05) is 30.1 Å². The summed E-state index contributed by atoms with van der Waals surface area (Å²) in [6.07, 6.45) is 3.04. The third-order valence-corrected chi connectivity index (χ3v) is 3.43. The molecule has 0 saturated heterocycles. The number of rotatable bonds is 5. The van der Waals surface area contributed by atoms with Crippen LogP contribution in [0.1, 0.15) is 18.6 Å². The summed E-state index contributed by atoms with van der Waals surface area (Å²) in [4.78, 5) is 4.09. The van der Waals surface area contributed by atoms with Crippen molar-refractivity contribution in [3.63, 3.8) is 0 Å². The van der Waals surface area contributed by atoms with Crippen molar-refractivity contribution in [2.24, 2.45) is 0 Å². The molecule has 1 heterocycles. The first-order chi connectivity index (χ1) is 9.61. The zero-order valence-corrected chi connectivity index (χ0v) is 12.7. The first-order valence-electron chi connectivity index (χ1n) is 6.16. The predicted molar refractivity (Wildman–Crippen MR) is 80.5 cm³/mol. The molecule has 2 unspecified atom stereocenters. The molecule has 0 fully saturated rings. The van der Waals surface area contributed by atoms with Gasteiger partial charge in [0.1, 0.15) is 18.0 Å². The van der Waals surface area contributed by atoms with Crippen molar-refractivity contribution in [3.05, 3.63) is 58.3 Å². The second-order valence-corrected chi connectivity index (χ2v) is 5.18.